The van der Waals surface area contributed by atoms with Gasteiger partial charge in [0.1, 0.15) is 5.82 Å². The van der Waals surface area contributed by atoms with Crippen LogP contribution in [0.4, 0.5) is 0 Å². The molecule has 0 atom stereocenters. The van der Waals surface area contributed by atoms with Gasteiger partial charge in [0, 0.05) is 24.4 Å². The fourth-order valence-electron chi connectivity index (χ4n) is 3.04. The van der Waals surface area contributed by atoms with E-state index in [-0.39, 0.29) is 5.41 Å². The molecule has 1 fully saturated rings. The van der Waals surface area contributed by atoms with E-state index in [0.29, 0.717) is 6.54 Å². The van der Waals surface area contributed by atoms with Crippen LogP contribution in [-0.2, 0) is 5.41 Å². The summed E-state index contributed by atoms with van der Waals surface area (Å²) in [5, 5.41) is 8.61. The van der Waals surface area contributed by atoms with Crippen LogP contribution in [0.2, 0.25) is 0 Å². The van der Waals surface area contributed by atoms with E-state index >= 15 is 0 Å². The predicted molar refractivity (Wildman–Crippen MR) is 69.2 cm³/mol. The molecule has 0 aliphatic heterocycles. The zero-order valence-corrected chi connectivity index (χ0v) is 10.5. The average Bonchev–Trinajstić information content (AvgIpc) is 2.70. The van der Waals surface area contributed by atoms with Crippen LogP contribution in [0.1, 0.15) is 44.3 Å². The maximum Gasteiger partial charge on any atom is 0.179 e. The highest BCUT2D eigenvalue weighted by Gasteiger charge is 2.35. The lowest BCUT2D eigenvalue weighted by Gasteiger charge is -2.29. The summed E-state index contributed by atoms with van der Waals surface area (Å²) in [5.41, 5.74) is 6.90. The number of hydrogen-bond donors (Lipinski definition) is 1. The summed E-state index contributed by atoms with van der Waals surface area (Å²) in [6, 6.07) is 0. The van der Waals surface area contributed by atoms with Gasteiger partial charge >= 0.3 is 0 Å². The van der Waals surface area contributed by atoms with Gasteiger partial charge in [-0.05, 0) is 12.8 Å². The number of rotatable bonds is 2. The number of fused-ring (bicyclic) bond motifs is 1. The van der Waals surface area contributed by atoms with E-state index in [1.165, 1.54) is 25.7 Å². The molecular formula is C13H19N5. The van der Waals surface area contributed by atoms with Crippen molar-refractivity contribution in [3.8, 4) is 0 Å². The van der Waals surface area contributed by atoms with Crippen molar-refractivity contribution in [2.24, 2.45) is 5.73 Å². The molecular weight excluding hydrogens is 226 g/mol. The van der Waals surface area contributed by atoms with Crippen LogP contribution in [0, 0.1) is 0 Å². The first-order chi connectivity index (χ1) is 8.86. The number of nitrogens with two attached hydrogens (primary N) is 1. The minimum atomic E-state index is -0.00271. The molecule has 1 aliphatic carbocycles. The van der Waals surface area contributed by atoms with Crippen LogP contribution < -0.4 is 5.73 Å². The predicted octanol–water partition coefficient (Wildman–Crippen LogP) is 1.67. The van der Waals surface area contributed by atoms with Gasteiger partial charge in [0.05, 0.1) is 6.20 Å². The van der Waals surface area contributed by atoms with Gasteiger partial charge in [0.25, 0.3) is 0 Å². The van der Waals surface area contributed by atoms with Crippen LogP contribution in [0.3, 0.4) is 0 Å². The van der Waals surface area contributed by atoms with Gasteiger partial charge in [-0.25, -0.2) is 0 Å². The van der Waals surface area contributed by atoms with Crippen molar-refractivity contribution in [1.29, 1.82) is 0 Å². The molecule has 3 rings (SSSR count). The second kappa shape index (κ2) is 4.65. The third kappa shape index (κ3) is 1.79. The van der Waals surface area contributed by atoms with E-state index in [4.69, 9.17) is 5.73 Å². The highest BCUT2D eigenvalue weighted by molar-refractivity contribution is 5.35. The van der Waals surface area contributed by atoms with E-state index in [0.717, 1.165) is 24.3 Å². The lowest BCUT2D eigenvalue weighted by Crippen LogP contribution is -2.36. The molecule has 96 valence electrons. The smallest absolute Gasteiger partial charge is 0.179 e. The number of nitrogens with zero attached hydrogens (tertiary/aromatic N) is 4. The van der Waals surface area contributed by atoms with Crippen molar-refractivity contribution < 1.29 is 0 Å². The van der Waals surface area contributed by atoms with Crippen molar-refractivity contribution in [2.45, 2.75) is 43.9 Å². The molecule has 0 unspecified atom stereocenters. The van der Waals surface area contributed by atoms with Crippen LogP contribution in [0.15, 0.2) is 18.6 Å². The molecule has 0 spiro atoms. The summed E-state index contributed by atoms with van der Waals surface area (Å²) >= 11 is 0. The Morgan fingerprint density at radius 1 is 1.17 bits per heavy atom. The Balaban J connectivity index is 2.09. The summed E-state index contributed by atoms with van der Waals surface area (Å²) in [7, 11) is 0. The summed E-state index contributed by atoms with van der Waals surface area (Å²) in [5.74, 6) is 1.02. The Bertz CT molecular complexity index is 525. The van der Waals surface area contributed by atoms with Crippen LogP contribution >= 0.6 is 0 Å². The summed E-state index contributed by atoms with van der Waals surface area (Å²) in [6.45, 7) is 0.649. The lowest BCUT2D eigenvalue weighted by atomic mass is 9.79. The topological polar surface area (TPSA) is 69.1 Å². The van der Waals surface area contributed by atoms with Crippen LogP contribution in [0.5, 0.6) is 0 Å². The van der Waals surface area contributed by atoms with E-state index < -0.39 is 0 Å². The van der Waals surface area contributed by atoms with E-state index in [1.807, 2.05) is 10.6 Å². The van der Waals surface area contributed by atoms with E-state index in [2.05, 4.69) is 15.2 Å². The third-order valence-corrected chi connectivity index (χ3v) is 4.14. The zero-order valence-electron chi connectivity index (χ0n) is 10.5. The largest absolute Gasteiger partial charge is 0.329 e. The first-order valence-corrected chi connectivity index (χ1v) is 6.71. The van der Waals surface area contributed by atoms with E-state index in [1.54, 1.807) is 12.4 Å². The maximum absolute atomic E-state index is 6.09. The van der Waals surface area contributed by atoms with Crippen molar-refractivity contribution in [2.75, 3.05) is 6.54 Å². The molecule has 2 aromatic rings. The normalized spacial score (nSPS) is 19.8. The molecule has 1 saturated carbocycles. The van der Waals surface area contributed by atoms with Crippen molar-refractivity contribution in [1.82, 2.24) is 19.6 Å². The number of hydrogen-bond acceptors (Lipinski definition) is 4. The van der Waals surface area contributed by atoms with Gasteiger partial charge in [0.2, 0.25) is 0 Å². The Kier molecular flexibility index (Phi) is 2.99. The molecule has 0 aromatic carbocycles. The van der Waals surface area contributed by atoms with Gasteiger partial charge in [-0.3, -0.25) is 9.38 Å². The molecule has 5 heteroatoms. The van der Waals surface area contributed by atoms with Crippen molar-refractivity contribution in [3.05, 3.63) is 24.4 Å². The fourth-order valence-corrected chi connectivity index (χ4v) is 3.04. The van der Waals surface area contributed by atoms with Gasteiger partial charge in [-0.1, -0.05) is 25.7 Å². The van der Waals surface area contributed by atoms with Gasteiger partial charge < -0.3 is 5.73 Å². The fraction of sp³-hybridized carbons (Fsp3) is 0.615. The van der Waals surface area contributed by atoms with Gasteiger partial charge in [-0.15, -0.1) is 10.2 Å². The highest BCUT2D eigenvalue weighted by atomic mass is 15.3. The van der Waals surface area contributed by atoms with Crippen molar-refractivity contribution >= 4 is 5.65 Å². The first-order valence-electron chi connectivity index (χ1n) is 6.71. The molecule has 2 heterocycles. The molecule has 5 nitrogen and oxygen atoms in total. The minimum absolute atomic E-state index is 0.00271. The molecule has 2 aromatic heterocycles. The Hall–Kier alpha value is -1.49. The van der Waals surface area contributed by atoms with Gasteiger partial charge in [0.15, 0.2) is 5.65 Å². The van der Waals surface area contributed by atoms with E-state index in [9.17, 15) is 0 Å². The molecule has 0 bridgehead atoms. The van der Waals surface area contributed by atoms with Crippen LogP contribution in [-0.4, -0.2) is 26.1 Å². The molecule has 2 N–H and O–H groups in total. The second-order valence-corrected chi connectivity index (χ2v) is 5.23. The SMILES string of the molecule is NCC1(c2nnc3cnccn23)CCCCCC1. The summed E-state index contributed by atoms with van der Waals surface area (Å²) in [4.78, 5) is 4.08. The molecule has 18 heavy (non-hydrogen) atoms. The standard InChI is InChI=1S/C13H19N5/c14-10-13(5-3-1-2-4-6-13)12-17-16-11-9-15-7-8-18(11)12/h7-9H,1-6,10,14H2. The van der Waals surface area contributed by atoms with Gasteiger partial charge in [-0.2, -0.15) is 0 Å². The summed E-state index contributed by atoms with van der Waals surface area (Å²) < 4.78 is 2.05. The lowest BCUT2D eigenvalue weighted by molar-refractivity contribution is 0.356. The Labute approximate surface area is 106 Å². The first kappa shape index (κ1) is 11.6. The monoisotopic (exact) mass is 245 g/mol. The highest BCUT2D eigenvalue weighted by Crippen LogP contribution is 2.36. The quantitative estimate of drug-likeness (QED) is 0.817. The minimum Gasteiger partial charge on any atom is -0.329 e. The maximum atomic E-state index is 6.09. The van der Waals surface area contributed by atoms with Crippen molar-refractivity contribution in [3.63, 3.8) is 0 Å². The number of aromatic nitrogens is 4. The zero-order chi connectivity index (χ0) is 12.4. The summed E-state index contributed by atoms with van der Waals surface area (Å²) in [6.07, 6.45) is 12.8. The Morgan fingerprint density at radius 3 is 2.67 bits per heavy atom. The van der Waals surface area contributed by atoms with Crippen LogP contribution in [0.25, 0.3) is 5.65 Å². The Morgan fingerprint density at radius 2 is 1.94 bits per heavy atom. The second-order valence-electron chi connectivity index (χ2n) is 5.23. The molecule has 0 radical (unpaired) electrons. The molecule has 0 saturated heterocycles. The molecule has 0 amide bonds. The average molecular weight is 245 g/mol. The molecule has 1 aliphatic rings. The third-order valence-electron chi connectivity index (χ3n) is 4.14.